The quantitative estimate of drug-likeness (QED) is 0.940. The topological polar surface area (TPSA) is 55.0 Å². The summed E-state index contributed by atoms with van der Waals surface area (Å²) in [5.41, 5.74) is 2.69. The van der Waals surface area contributed by atoms with E-state index in [0.29, 0.717) is 5.69 Å². The second-order valence-corrected chi connectivity index (χ2v) is 5.87. The van der Waals surface area contributed by atoms with Crippen LogP contribution in [0.3, 0.4) is 0 Å². The van der Waals surface area contributed by atoms with E-state index < -0.39 is 0 Å². The van der Waals surface area contributed by atoms with E-state index in [1.54, 1.807) is 19.4 Å². The minimum Gasteiger partial charge on any atom is -0.496 e. The molecule has 1 N–H and O–H groups in total. The third-order valence-corrected chi connectivity index (χ3v) is 3.33. The summed E-state index contributed by atoms with van der Waals surface area (Å²) in [6, 6.07) is 3.84. The summed E-state index contributed by atoms with van der Waals surface area (Å²) >= 11 is 0. The summed E-state index contributed by atoms with van der Waals surface area (Å²) < 4.78 is 5.54. The van der Waals surface area contributed by atoms with Crippen molar-refractivity contribution in [2.24, 2.45) is 0 Å². The molecule has 0 spiro atoms. The van der Waals surface area contributed by atoms with Crippen molar-refractivity contribution in [2.75, 3.05) is 7.11 Å². The molecule has 1 aromatic carbocycles. The van der Waals surface area contributed by atoms with E-state index in [-0.39, 0.29) is 11.0 Å². The van der Waals surface area contributed by atoms with Gasteiger partial charge in [-0.15, -0.1) is 0 Å². The van der Waals surface area contributed by atoms with Gasteiger partial charge in [0.05, 0.1) is 7.11 Å². The van der Waals surface area contributed by atoms with Crippen molar-refractivity contribution in [3.05, 3.63) is 52.6 Å². The number of aromatic amines is 1. The number of H-pyrrole nitrogens is 1. The number of hydrogen-bond donors (Lipinski definition) is 1. The Morgan fingerprint density at radius 1 is 1.33 bits per heavy atom. The van der Waals surface area contributed by atoms with Gasteiger partial charge >= 0.3 is 0 Å². The Bertz CT molecular complexity index is 724. The van der Waals surface area contributed by atoms with Gasteiger partial charge in [-0.1, -0.05) is 33.4 Å². The predicted octanol–water partition coefficient (Wildman–Crippen LogP) is 3.39. The van der Waals surface area contributed by atoms with E-state index in [4.69, 9.17) is 4.74 Å². The van der Waals surface area contributed by atoms with Gasteiger partial charge in [0.1, 0.15) is 11.4 Å². The average molecular weight is 284 g/mol. The molecule has 0 saturated heterocycles. The van der Waals surface area contributed by atoms with Crippen molar-refractivity contribution >= 4 is 6.08 Å². The third-order valence-electron chi connectivity index (χ3n) is 3.33. The molecule has 0 fully saturated rings. The van der Waals surface area contributed by atoms with Gasteiger partial charge in [-0.3, -0.25) is 4.79 Å². The highest BCUT2D eigenvalue weighted by Crippen LogP contribution is 2.37. The Morgan fingerprint density at radius 2 is 2.05 bits per heavy atom. The Kier molecular flexibility index (Phi) is 3.98. The van der Waals surface area contributed by atoms with Crippen LogP contribution in [0.5, 0.6) is 5.75 Å². The van der Waals surface area contributed by atoms with Crippen LogP contribution in [0.2, 0.25) is 0 Å². The first-order valence-corrected chi connectivity index (χ1v) is 6.77. The lowest BCUT2D eigenvalue weighted by Gasteiger charge is -2.24. The molecule has 0 unspecified atom stereocenters. The van der Waals surface area contributed by atoms with Gasteiger partial charge < -0.3 is 9.72 Å². The molecule has 0 amide bonds. The van der Waals surface area contributed by atoms with E-state index in [2.05, 4.69) is 37.3 Å². The highest BCUT2D eigenvalue weighted by molar-refractivity contribution is 5.70. The molecule has 0 bridgehead atoms. The number of nitrogens with one attached hydrogen (secondary N) is 1. The lowest BCUT2D eigenvalue weighted by Crippen LogP contribution is -2.15. The molecule has 0 saturated carbocycles. The second-order valence-electron chi connectivity index (χ2n) is 5.87. The Labute approximate surface area is 124 Å². The molecular weight excluding hydrogens is 264 g/mol. The van der Waals surface area contributed by atoms with Crippen molar-refractivity contribution in [3.8, 4) is 17.0 Å². The van der Waals surface area contributed by atoms with Crippen molar-refractivity contribution in [2.45, 2.75) is 26.2 Å². The van der Waals surface area contributed by atoms with Crippen molar-refractivity contribution in [1.82, 2.24) is 9.97 Å². The lowest BCUT2D eigenvalue weighted by molar-refractivity contribution is 0.397. The van der Waals surface area contributed by atoms with Crippen LogP contribution in [0.1, 0.15) is 31.9 Å². The fourth-order valence-electron chi connectivity index (χ4n) is 2.28. The molecule has 0 aliphatic heterocycles. The maximum atomic E-state index is 12.0. The van der Waals surface area contributed by atoms with Gasteiger partial charge in [0.25, 0.3) is 5.56 Å². The van der Waals surface area contributed by atoms with E-state index in [1.165, 1.54) is 6.20 Å². The van der Waals surface area contributed by atoms with Crippen molar-refractivity contribution in [1.29, 1.82) is 0 Å². The van der Waals surface area contributed by atoms with Crippen LogP contribution in [0.15, 0.2) is 35.9 Å². The zero-order chi connectivity index (χ0) is 15.6. The molecule has 4 nitrogen and oxygen atoms in total. The van der Waals surface area contributed by atoms with Crippen LogP contribution < -0.4 is 10.3 Å². The van der Waals surface area contributed by atoms with Crippen LogP contribution in [-0.2, 0) is 5.41 Å². The Balaban J connectivity index is 2.79. The predicted molar refractivity (Wildman–Crippen MR) is 85.6 cm³/mol. The smallest absolute Gasteiger partial charge is 0.274 e. The zero-order valence-corrected chi connectivity index (χ0v) is 12.9. The van der Waals surface area contributed by atoms with E-state index in [1.807, 2.05) is 12.1 Å². The second kappa shape index (κ2) is 5.56. The fraction of sp³-hybridized carbons (Fsp3) is 0.294. The summed E-state index contributed by atoms with van der Waals surface area (Å²) in [7, 11) is 1.64. The molecule has 0 radical (unpaired) electrons. The zero-order valence-electron chi connectivity index (χ0n) is 12.9. The first-order valence-electron chi connectivity index (χ1n) is 6.77. The molecule has 0 atom stereocenters. The fourth-order valence-corrected chi connectivity index (χ4v) is 2.28. The summed E-state index contributed by atoms with van der Waals surface area (Å²) in [4.78, 5) is 18.8. The highest BCUT2D eigenvalue weighted by Gasteiger charge is 2.22. The number of methoxy groups -OCH3 is 1. The van der Waals surface area contributed by atoms with Crippen LogP contribution in [0, 0.1) is 0 Å². The average Bonchev–Trinajstić information content (AvgIpc) is 2.45. The molecule has 1 heterocycles. The first-order chi connectivity index (χ1) is 9.88. The number of benzene rings is 1. The van der Waals surface area contributed by atoms with Crippen molar-refractivity contribution in [3.63, 3.8) is 0 Å². The molecule has 2 rings (SSSR count). The monoisotopic (exact) mass is 284 g/mol. The van der Waals surface area contributed by atoms with Gasteiger partial charge in [-0.25, -0.2) is 4.98 Å². The molecule has 21 heavy (non-hydrogen) atoms. The van der Waals surface area contributed by atoms with E-state index >= 15 is 0 Å². The standard InChI is InChI=1S/C17H20N2O2/c1-6-11-9-12(14-16(20)19-8-7-18-14)10-13(15(11)21-5)17(2,3)4/h6-10H,1H2,2-5H3,(H,19,20). The molecule has 0 aliphatic rings. The largest absolute Gasteiger partial charge is 0.496 e. The summed E-state index contributed by atoms with van der Waals surface area (Å²) in [5.74, 6) is 0.786. The SMILES string of the molecule is C=Cc1cc(-c2ncc[nH]c2=O)cc(C(C)(C)C)c1OC. The normalized spacial score (nSPS) is 11.2. The van der Waals surface area contributed by atoms with Crippen LogP contribution in [0.25, 0.3) is 17.3 Å². The van der Waals surface area contributed by atoms with Crippen LogP contribution in [0.4, 0.5) is 0 Å². The number of ether oxygens (including phenoxy) is 1. The maximum absolute atomic E-state index is 12.0. The van der Waals surface area contributed by atoms with E-state index in [9.17, 15) is 4.79 Å². The van der Waals surface area contributed by atoms with Crippen molar-refractivity contribution < 1.29 is 4.74 Å². The van der Waals surface area contributed by atoms with Gasteiger partial charge in [0.15, 0.2) is 0 Å². The van der Waals surface area contributed by atoms with Gasteiger partial charge in [0.2, 0.25) is 0 Å². The molecule has 4 heteroatoms. The summed E-state index contributed by atoms with van der Waals surface area (Å²) in [6.45, 7) is 10.1. The summed E-state index contributed by atoms with van der Waals surface area (Å²) in [5, 5.41) is 0. The first kappa shape index (κ1) is 15.0. The molecule has 2 aromatic rings. The van der Waals surface area contributed by atoms with Gasteiger partial charge in [-0.05, 0) is 17.5 Å². The van der Waals surface area contributed by atoms with Gasteiger partial charge in [-0.2, -0.15) is 0 Å². The minimum absolute atomic E-state index is 0.124. The van der Waals surface area contributed by atoms with E-state index in [0.717, 1.165) is 22.4 Å². The minimum atomic E-state index is -0.211. The number of aromatic nitrogens is 2. The highest BCUT2D eigenvalue weighted by atomic mass is 16.5. The molecular formula is C17H20N2O2. The molecule has 110 valence electrons. The third kappa shape index (κ3) is 2.89. The number of hydrogen-bond acceptors (Lipinski definition) is 3. The molecule has 0 aliphatic carbocycles. The maximum Gasteiger partial charge on any atom is 0.274 e. The lowest BCUT2D eigenvalue weighted by atomic mass is 9.83. The van der Waals surface area contributed by atoms with Gasteiger partial charge in [0, 0.05) is 29.1 Å². The van der Waals surface area contributed by atoms with Crippen LogP contribution >= 0.6 is 0 Å². The Morgan fingerprint density at radius 3 is 2.57 bits per heavy atom. The number of rotatable bonds is 3. The Hall–Kier alpha value is -2.36. The number of nitrogens with zero attached hydrogens (tertiary/aromatic N) is 1. The van der Waals surface area contributed by atoms with Crippen LogP contribution in [-0.4, -0.2) is 17.1 Å². The summed E-state index contributed by atoms with van der Waals surface area (Å²) in [6.07, 6.45) is 4.83. The molecule has 1 aromatic heterocycles.